The molecule has 1 fully saturated rings. The number of rotatable bonds is 5. The molecule has 21 heavy (non-hydrogen) atoms. The lowest BCUT2D eigenvalue weighted by atomic mass is 10.1. The lowest BCUT2D eigenvalue weighted by Crippen LogP contribution is -2.45. The van der Waals surface area contributed by atoms with Crippen LogP contribution >= 0.6 is 0 Å². The molecule has 0 spiro atoms. The van der Waals surface area contributed by atoms with Gasteiger partial charge in [-0.1, -0.05) is 13.0 Å². The largest absolute Gasteiger partial charge is 0.399 e. The van der Waals surface area contributed by atoms with Crippen molar-refractivity contribution in [1.82, 2.24) is 9.62 Å². The van der Waals surface area contributed by atoms with Crippen molar-refractivity contribution in [3.8, 4) is 0 Å². The number of hydrogen-bond acceptors (Lipinski definition) is 5. The Morgan fingerprint density at radius 2 is 2.24 bits per heavy atom. The smallest absolute Gasteiger partial charge is 0.241 e. The second kappa shape index (κ2) is 6.74. The van der Waals surface area contributed by atoms with Crippen LogP contribution in [-0.4, -0.2) is 52.7 Å². The molecule has 1 aliphatic heterocycles. The molecule has 1 saturated heterocycles. The molecule has 1 aromatic carbocycles. The minimum Gasteiger partial charge on any atom is -0.399 e. The maximum Gasteiger partial charge on any atom is 0.241 e. The Labute approximate surface area is 126 Å². The van der Waals surface area contributed by atoms with E-state index in [9.17, 15) is 8.42 Å². The molecule has 1 aromatic rings. The van der Waals surface area contributed by atoms with Gasteiger partial charge in [-0.3, -0.25) is 0 Å². The van der Waals surface area contributed by atoms with Crippen LogP contribution in [0.1, 0.15) is 12.5 Å². The minimum absolute atomic E-state index is 0.121. The molecule has 0 saturated carbocycles. The van der Waals surface area contributed by atoms with Gasteiger partial charge in [0.15, 0.2) is 0 Å². The van der Waals surface area contributed by atoms with Crippen molar-refractivity contribution in [2.75, 3.05) is 39.0 Å². The Balaban J connectivity index is 2.09. The van der Waals surface area contributed by atoms with Gasteiger partial charge >= 0.3 is 0 Å². The third kappa shape index (κ3) is 4.16. The Kier molecular flexibility index (Phi) is 5.21. The standard InChI is InChI=1S/C14H23N3O3S/c1-3-11-4-5-12(15)8-14(11)21(18,19)16-9-13-10-17(2)6-7-20-13/h4-5,8,13,16H,3,6-7,9-10,15H2,1-2H3. The zero-order valence-corrected chi connectivity index (χ0v) is 13.3. The molecule has 1 atom stereocenters. The summed E-state index contributed by atoms with van der Waals surface area (Å²) in [4.78, 5) is 2.38. The van der Waals surface area contributed by atoms with Crippen molar-refractivity contribution < 1.29 is 13.2 Å². The molecule has 1 aliphatic rings. The fourth-order valence-corrected chi connectivity index (χ4v) is 3.79. The van der Waals surface area contributed by atoms with E-state index in [1.165, 1.54) is 6.07 Å². The molecule has 0 radical (unpaired) electrons. The predicted octanol–water partition coefficient (Wildman–Crippen LogP) is 0.440. The summed E-state index contributed by atoms with van der Waals surface area (Å²) < 4.78 is 33.1. The van der Waals surface area contributed by atoms with Crippen molar-refractivity contribution >= 4 is 15.7 Å². The zero-order valence-electron chi connectivity index (χ0n) is 12.5. The van der Waals surface area contributed by atoms with Gasteiger partial charge < -0.3 is 15.4 Å². The topological polar surface area (TPSA) is 84.7 Å². The molecule has 0 aliphatic carbocycles. The predicted molar refractivity (Wildman–Crippen MR) is 82.7 cm³/mol. The number of likely N-dealkylation sites (N-methyl/N-ethyl adjacent to an activating group) is 1. The molecule has 1 unspecified atom stereocenters. The third-order valence-electron chi connectivity index (χ3n) is 3.60. The number of anilines is 1. The summed E-state index contributed by atoms with van der Waals surface area (Å²) in [5.74, 6) is 0. The van der Waals surface area contributed by atoms with E-state index in [-0.39, 0.29) is 17.5 Å². The van der Waals surface area contributed by atoms with Gasteiger partial charge in [0.2, 0.25) is 10.0 Å². The monoisotopic (exact) mass is 313 g/mol. The Bertz CT molecular complexity index is 589. The molecule has 3 N–H and O–H groups in total. The SMILES string of the molecule is CCc1ccc(N)cc1S(=O)(=O)NCC1CN(C)CCO1. The number of morpholine rings is 1. The summed E-state index contributed by atoms with van der Waals surface area (Å²) in [5.41, 5.74) is 6.92. The number of aryl methyl sites for hydroxylation is 1. The van der Waals surface area contributed by atoms with Crippen molar-refractivity contribution in [2.24, 2.45) is 0 Å². The van der Waals surface area contributed by atoms with Gasteiger partial charge in [0.25, 0.3) is 0 Å². The highest BCUT2D eigenvalue weighted by Crippen LogP contribution is 2.19. The maximum atomic E-state index is 12.5. The van der Waals surface area contributed by atoms with Crippen LogP contribution in [0.4, 0.5) is 5.69 Å². The van der Waals surface area contributed by atoms with E-state index in [0.717, 1.165) is 18.7 Å². The first-order valence-electron chi connectivity index (χ1n) is 7.10. The molecule has 0 amide bonds. The van der Waals surface area contributed by atoms with Gasteiger partial charge in [-0.15, -0.1) is 0 Å². The number of nitrogens with one attached hydrogen (secondary N) is 1. The molecule has 118 valence electrons. The van der Waals surface area contributed by atoms with Crippen LogP contribution in [0.2, 0.25) is 0 Å². The van der Waals surface area contributed by atoms with Gasteiger partial charge in [0.1, 0.15) is 0 Å². The fraction of sp³-hybridized carbons (Fsp3) is 0.571. The van der Waals surface area contributed by atoms with Crippen LogP contribution in [0.15, 0.2) is 23.1 Å². The normalized spacial score (nSPS) is 20.6. The number of hydrogen-bond donors (Lipinski definition) is 2. The van der Waals surface area contributed by atoms with E-state index in [0.29, 0.717) is 18.7 Å². The third-order valence-corrected chi connectivity index (χ3v) is 5.11. The molecule has 0 bridgehead atoms. The zero-order chi connectivity index (χ0) is 15.5. The van der Waals surface area contributed by atoms with Crippen molar-refractivity contribution in [2.45, 2.75) is 24.3 Å². The number of ether oxygens (including phenoxy) is 1. The molecular formula is C14H23N3O3S. The lowest BCUT2D eigenvalue weighted by molar-refractivity contribution is -0.0156. The van der Waals surface area contributed by atoms with E-state index in [1.54, 1.807) is 12.1 Å². The van der Waals surface area contributed by atoms with E-state index in [4.69, 9.17) is 10.5 Å². The average Bonchev–Trinajstić information content (AvgIpc) is 2.45. The van der Waals surface area contributed by atoms with Gasteiger partial charge in [-0.25, -0.2) is 13.1 Å². The minimum atomic E-state index is -3.57. The Hall–Kier alpha value is -1.15. The van der Waals surface area contributed by atoms with Crippen LogP contribution in [0.5, 0.6) is 0 Å². The van der Waals surface area contributed by atoms with E-state index < -0.39 is 10.0 Å². The highest BCUT2D eigenvalue weighted by atomic mass is 32.2. The molecular weight excluding hydrogens is 290 g/mol. The highest BCUT2D eigenvalue weighted by Gasteiger charge is 2.23. The van der Waals surface area contributed by atoms with Gasteiger partial charge in [0, 0.05) is 25.3 Å². The first-order chi connectivity index (χ1) is 9.92. The van der Waals surface area contributed by atoms with Gasteiger partial charge in [-0.2, -0.15) is 0 Å². The number of nitrogens with two attached hydrogens (primary N) is 1. The van der Waals surface area contributed by atoms with E-state index in [2.05, 4.69) is 9.62 Å². The quantitative estimate of drug-likeness (QED) is 0.771. The average molecular weight is 313 g/mol. The van der Waals surface area contributed by atoms with Crippen LogP contribution in [0.3, 0.4) is 0 Å². The van der Waals surface area contributed by atoms with Crippen molar-refractivity contribution in [3.63, 3.8) is 0 Å². The van der Waals surface area contributed by atoms with E-state index >= 15 is 0 Å². The maximum absolute atomic E-state index is 12.5. The van der Waals surface area contributed by atoms with Crippen molar-refractivity contribution in [3.05, 3.63) is 23.8 Å². The summed E-state index contributed by atoms with van der Waals surface area (Å²) in [6.45, 7) is 4.41. The first-order valence-corrected chi connectivity index (χ1v) is 8.59. The molecule has 1 heterocycles. The van der Waals surface area contributed by atoms with Crippen LogP contribution < -0.4 is 10.5 Å². The van der Waals surface area contributed by atoms with Crippen LogP contribution in [-0.2, 0) is 21.2 Å². The summed E-state index contributed by atoms with van der Waals surface area (Å²) in [7, 11) is -1.57. The summed E-state index contributed by atoms with van der Waals surface area (Å²) in [6, 6.07) is 4.99. The number of benzene rings is 1. The summed E-state index contributed by atoms with van der Waals surface area (Å²) in [6.07, 6.45) is 0.517. The molecule has 2 rings (SSSR count). The van der Waals surface area contributed by atoms with Crippen LogP contribution in [0, 0.1) is 0 Å². The van der Waals surface area contributed by atoms with E-state index in [1.807, 2.05) is 14.0 Å². The number of sulfonamides is 1. The lowest BCUT2D eigenvalue weighted by Gasteiger charge is -2.30. The second-order valence-electron chi connectivity index (χ2n) is 5.33. The van der Waals surface area contributed by atoms with Gasteiger partial charge in [0.05, 0.1) is 17.6 Å². The Morgan fingerprint density at radius 1 is 1.48 bits per heavy atom. The number of nitrogens with zero attached hydrogens (tertiary/aromatic N) is 1. The van der Waals surface area contributed by atoms with Gasteiger partial charge in [-0.05, 0) is 31.2 Å². The van der Waals surface area contributed by atoms with Crippen molar-refractivity contribution in [1.29, 1.82) is 0 Å². The van der Waals surface area contributed by atoms with Crippen LogP contribution in [0.25, 0.3) is 0 Å². The first kappa shape index (κ1) is 16.2. The number of nitrogen functional groups attached to an aromatic ring is 1. The Morgan fingerprint density at radius 3 is 2.90 bits per heavy atom. The molecule has 0 aromatic heterocycles. The highest BCUT2D eigenvalue weighted by molar-refractivity contribution is 7.89. The second-order valence-corrected chi connectivity index (χ2v) is 7.06. The molecule has 6 nitrogen and oxygen atoms in total. The fourth-order valence-electron chi connectivity index (χ4n) is 2.38. The molecule has 7 heteroatoms. The summed E-state index contributed by atoms with van der Waals surface area (Å²) >= 11 is 0. The summed E-state index contributed by atoms with van der Waals surface area (Å²) in [5, 5.41) is 0.